The number of ether oxygens (including phenoxy) is 8. The monoisotopic (exact) mass is 980 g/mol. The van der Waals surface area contributed by atoms with E-state index < -0.39 is 133 Å². The lowest BCUT2D eigenvalue weighted by atomic mass is 9.46. The van der Waals surface area contributed by atoms with Crippen LogP contribution in [-0.2, 0) is 52.5 Å². The van der Waals surface area contributed by atoms with Crippen molar-refractivity contribution in [3.63, 3.8) is 0 Å². The first-order valence-electron chi connectivity index (χ1n) is 23.6. The molecule has 0 spiro atoms. The average molecular weight is 981 g/mol. The highest BCUT2D eigenvalue weighted by atomic mass is 32.3. The highest BCUT2D eigenvalue weighted by molar-refractivity contribution is 7.80. The minimum absolute atomic E-state index is 0.0147. The zero-order valence-corrected chi connectivity index (χ0v) is 39.5. The Bertz CT molecular complexity index is 1910. The second kappa shape index (κ2) is 19.6. The number of aliphatic hydroxyl groups excluding tert-OH is 9. The lowest BCUT2D eigenvalue weighted by molar-refractivity contribution is -0.361. The van der Waals surface area contributed by atoms with Crippen LogP contribution < -0.4 is 0 Å². The largest absolute Gasteiger partial charge is 0.397 e. The van der Waals surface area contributed by atoms with Crippen LogP contribution in [0.1, 0.15) is 79.1 Å². The third-order valence-corrected chi connectivity index (χ3v) is 17.8. The van der Waals surface area contributed by atoms with E-state index in [1.165, 1.54) is 6.92 Å². The second-order valence-electron chi connectivity index (χ2n) is 20.9. The molecule has 0 aromatic rings. The SMILES string of the molecule is C=C(CCC1(OC)OC2C[C@H]3[C@@H]4CC=C5C[C@@H](O)C[C@@H](O[C@@H]6OC[C@H](OS(=O)(=O)O)[C@H](O)[C@H]6O[C@@H]6O[C@@H](C)[C@H](O)[C@@H](O)[C@H]6O)[C@]5(C)[C@H]4CC[C@]3(C)C2[C@@H]1C)CO[C@@H]1O[C@H](CO)[C@@H](O)[C@H](O)[C@H]1O. The van der Waals surface area contributed by atoms with Crippen molar-refractivity contribution in [3.8, 4) is 0 Å². The lowest BCUT2D eigenvalue weighted by Crippen LogP contribution is -2.63. The van der Waals surface area contributed by atoms with Crippen LogP contribution >= 0.6 is 0 Å². The summed E-state index contributed by atoms with van der Waals surface area (Å²) in [6.45, 7) is 11.2. The van der Waals surface area contributed by atoms with Crippen molar-refractivity contribution in [3.05, 3.63) is 23.8 Å². The van der Waals surface area contributed by atoms with Crippen molar-refractivity contribution in [2.45, 2.75) is 189 Å². The molecule has 4 saturated heterocycles. The van der Waals surface area contributed by atoms with Crippen LogP contribution in [0.25, 0.3) is 0 Å². The molecule has 4 aliphatic heterocycles. The van der Waals surface area contributed by atoms with E-state index in [4.69, 9.17) is 42.1 Å². The molecule has 3 unspecified atom stereocenters. The number of allylic oxidation sites excluding steroid dienone is 1. The summed E-state index contributed by atoms with van der Waals surface area (Å²) in [7, 11) is -3.42. The molecule has 21 nitrogen and oxygen atoms in total. The normalized spacial score (nSPS) is 52.1. The number of hydrogen-bond acceptors (Lipinski definition) is 20. The van der Waals surface area contributed by atoms with Gasteiger partial charge in [-0.3, -0.25) is 4.55 Å². The zero-order chi connectivity index (χ0) is 48.7. The Hall–Kier alpha value is -1.33. The van der Waals surface area contributed by atoms with Crippen molar-refractivity contribution in [1.82, 2.24) is 0 Å². The molecule has 4 heterocycles. The molecule has 10 N–H and O–H groups in total. The predicted octanol–water partition coefficient (Wildman–Crippen LogP) is -0.820. The van der Waals surface area contributed by atoms with Crippen molar-refractivity contribution in [1.29, 1.82) is 0 Å². The number of aliphatic hydroxyl groups is 9. The molecule has 3 saturated carbocycles. The van der Waals surface area contributed by atoms with E-state index in [9.17, 15) is 58.9 Å². The van der Waals surface area contributed by atoms with Gasteiger partial charge in [-0.1, -0.05) is 44.6 Å². The maximum Gasteiger partial charge on any atom is 0.397 e. The third kappa shape index (κ3) is 9.37. The van der Waals surface area contributed by atoms with E-state index in [-0.39, 0.29) is 54.1 Å². The Labute approximate surface area is 390 Å². The molecule has 0 aromatic carbocycles. The van der Waals surface area contributed by atoms with Crippen LogP contribution in [0.4, 0.5) is 0 Å². The highest BCUT2D eigenvalue weighted by Gasteiger charge is 2.69. The van der Waals surface area contributed by atoms with Crippen molar-refractivity contribution >= 4 is 10.4 Å². The summed E-state index contributed by atoms with van der Waals surface area (Å²) < 4.78 is 86.7. The first-order valence-corrected chi connectivity index (χ1v) is 25.0. The average Bonchev–Trinajstić information content (AvgIpc) is 3.74. The van der Waals surface area contributed by atoms with Gasteiger partial charge in [0.15, 0.2) is 24.7 Å². The van der Waals surface area contributed by atoms with Gasteiger partial charge in [0.25, 0.3) is 0 Å². The molecule has 0 amide bonds. The van der Waals surface area contributed by atoms with Gasteiger partial charge in [-0.15, -0.1) is 0 Å². The van der Waals surface area contributed by atoms with Gasteiger partial charge in [0.05, 0.1) is 44.2 Å². The van der Waals surface area contributed by atoms with E-state index >= 15 is 0 Å². The number of rotatable bonds is 14. The minimum Gasteiger partial charge on any atom is -0.394 e. The van der Waals surface area contributed by atoms with Crippen molar-refractivity contribution in [2.24, 2.45) is 40.4 Å². The van der Waals surface area contributed by atoms with Gasteiger partial charge in [0.1, 0.15) is 61.0 Å². The van der Waals surface area contributed by atoms with Crippen LogP contribution in [0.5, 0.6) is 0 Å². The number of methoxy groups -OCH3 is 1. The highest BCUT2D eigenvalue weighted by Crippen LogP contribution is 2.70. The Morgan fingerprint density at radius 3 is 2.27 bits per heavy atom. The van der Waals surface area contributed by atoms with Crippen LogP contribution in [0.2, 0.25) is 0 Å². The van der Waals surface area contributed by atoms with Gasteiger partial charge in [0, 0.05) is 31.3 Å². The fourth-order valence-corrected chi connectivity index (χ4v) is 14.2. The molecule has 0 radical (unpaired) electrons. The first-order chi connectivity index (χ1) is 31.5. The topological polar surface area (TPSA) is 320 Å². The molecule has 7 fully saturated rings. The molecule has 384 valence electrons. The molecule has 22 heteroatoms. The van der Waals surface area contributed by atoms with E-state index in [0.29, 0.717) is 24.8 Å². The van der Waals surface area contributed by atoms with Crippen LogP contribution in [0, 0.1) is 40.4 Å². The summed E-state index contributed by atoms with van der Waals surface area (Å²) in [5.41, 5.74) is 0.938. The number of fused-ring (bicyclic) bond motifs is 7. The Balaban J connectivity index is 0.967. The fourth-order valence-electron chi connectivity index (χ4n) is 13.7. The van der Waals surface area contributed by atoms with E-state index in [1.807, 2.05) is 0 Å². The van der Waals surface area contributed by atoms with Crippen molar-refractivity contribution in [2.75, 3.05) is 26.9 Å². The van der Waals surface area contributed by atoms with Crippen LogP contribution in [0.3, 0.4) is 0 Å². The number of hydrogen-bond donors (Lipinski definition) is 10. The van der Waals surface area contributed by atoms with Gasteiger partial charge < -0.3 is 83.9 Å². The quantitative estimate of drug-likeness (QED) is 0.0751. The molecule has 25 atom stereocenters. The maximum atomic E-state index is 11.8. The molecule has 4 aliphatic carbocycles. The molecule has 67 heavy (non-hydrogen) atoms. The Kier molecular flexibility index (Phi) is 15.2. The maximum absolute atomic E-state index is 11.8. The van der Waals surface area contributed by atoms with Crippen molar-refractivity contribution < 1.29 is 101 Å². The smallest absolute Gasteiger partial charge is 0.394 e. The van der Waals surface area contributed by atoms with Gasteiger partial charge in [-0.25, -0.2) is 4.18 Å². The summed E-state index contributed by atoms with van der Waals surface area (Å²) in [6.07, 6.45) is -15.6. The molecule has 8 aliphatic rings. The lowest BCUT2D eigenvalue weighted by Gasteiger charge is -2.60. The van der Waals surface area contributed by atoms with E-state index in [0.717, 1.165) is 31.3 Å². The Morgan fingerprint density at radius 2 is 1.58 bits per heavy atom. The zero-order valence-electron chi connectivity index (χ0n) is 38.6. The molecule has 8 rings (SSSR count). The second-order valence-corrected chi connectivity index (χ2v) is 22.0. The molecule has 0 aromatic heterocycles. The summed E-state index contributed by atoms with van der Waals surface area (Å²) in [4.78, 5) is 0. The molecule has 0 bridgehead atoms. The third-order valence-electron chi connectivity index (χ3n) is 17.3. The minimum atomic E-state index is -5.07. The first kappa shape index (κ1) is 52.0. The van der Waals surface area contributed by atoms with E-state index in [2.05, 4.69) is 33.4 Å². The van der Waals surface area contributed by atoms with Gasteiger partial charge in [0.2, 0.25) is 0 Å². The predicted molar refractivity (Wildman–Crippen MR) is 228 cm³/mol. The molecular weight excluding hydrogens is 909 g/mol. The van der Waals surface area contributed by atoms with E-state index in [1.54, 1.807) is 7.11 Å². The van der Waals surface area contributed by atoms with Crippen LogP contribution in [0.15, 0.2) is 23.8 Å². The standard InChI is InChI=1S/C45H72O21S/c1-19(17-59-40-37(53)36(52)33(49)28(16-46)62-40)9-12-45(58-6)20(2)31-27(65-45)15-26-24-8-7-22-13-23(47)14-30(44(22,5)25(24)10-11-43(26,31)4)63-42-39(34(50)29(18-60-42)66-67(55,56)57)64-41-38(54)35(51)32(48)21(3)61-41/h7,20-21,23-42,46-54H,1,8-18H2,2-6H3,(H,55,56,57)/t20-,21-,23+,24+,25-,26-,27?,28+,29-,30+,31?,32-,33+,34-,35+,36-,37+,38+,39+,40+,41-,42-,43-,44-,45?/m0/s1. The summed E-state index contributed by atoms with van der Waals surface area (Å²) in [5, 5.41) is 94.8. The van der Waals surface area contributed by atoms with Crippen LogP contribution in [-0.4, -0.2) is 196 Å². The van der Waals surface area contributed by atoms with Gasteiger partial charge >= 0.3 is 10.4 Å². The summed E-state index contributed by atoms with van der Waals surface area (Å²) >= 11 is 0. The van der Waals surface area contributed by atoms with Gasteiger partial charge in [-0.2, -0.15) is 8.42 Å². The summed E-state index contributed by atoms with van der Waals surface area (Å²) in [6, 6.07) is 0. The Morgan fingerprint density at radius 1 is 0.881 bits per heavy atom. The summed E-state index contributed by atoms with van der Waals surface area (Å²) in [5.74, 6) is -0.245. The fraction of sp³-hybridized carbons (Fsp3) is 0.911. The molecular formula is C45H72O21S. The van der Waals surface area contributed by atoms with Gasteiger partial charge in [-0.05, 0) is 74.5 Å².